The molecule has 0 radical (unpaired) electrons. The number of pyridine rings is 3. The van der Waals surface area contributed by atoms with Gasteiger partial charge in [0, 0.05) is 34.5 Å². The third-order valence-electron chi connectivity index (χ3n) is 7.31. The van der Waals surface area contributed by atoms with Crippen LogP contribution in [-0.2, 0) is 6.42 Å². The van der Waals surface area contributed by atoms with Gasteiger partial charge in [0.2, 0.25) is 0 Å². The molecule has 3 aromatic heterocycles. The molecular weight excluding hydrogens is 567 g/mol. The van der Waals surface area contributed by atoms with Gasteiger partial charge in [0.1, 0.15) is 11.4 Å². The molecule has 0 aliphatic heterocycles. The van der Waals surface area contributed by atoms with Crippen molar-refractivity contribution in [2.45, 2.75) is 18.1 Å². The predicted octanol–water partition coefficient (Wildman–Crippen LogP) is 8.79. The molecule has 3 heterocycles. The average molecular weight is 597 g/mol. The number of hydrogen-bond acceptors (Lipinski definition) is 5. The zero-order valence-electron chi connectivity index (χ0n) is 23.5. The number of rotatable bonds is 9. The summed E-state index contributed by atoms with van der Waals surface area (Å²) in [4.78, 5) is 8.97. The van der Waals surface area contributed by atoms with E-state index in [0.717, 1.165) is 33.7 Å². The smallest absolute Gasteiger partial charge is 0.284 e. The highest BCUT2D eigenvalue weighted by molar-refractivity contribution is 8.23. The second kappa shape index (κ2) is 13.6. The molecule has 0 spiro atoms. The minimum Gasteiger partial charge on any atom is -0.284 e. The summed E-state index contributed by atoms with van der Waals surface area (Å²) in [7, 11) is 0. The van der Waals surface area contributed by atoms with Gasteiger partial charge >= 0.3 is 0 Å². The zero-order chi connectivity index (χ0) is 29.4. The average Bonchev–Trinajstić information content (AvgIpc) is 3.08. The van der Waals surface area contributed by atoms with Crippen LogP contribution in [0.4, 0.5) is 0 Å². The molecule has 1 unspecified atom stereocenters. The predicted molar refractivity (Wildman–Crippen MR) is 179 cm³/mol. The molecule has 1 atom stereocenters. The number of nitrogens with zero attached hydrogens (tertiary/aromatic N) is 3. The third-order valence-corrected chi connectivity index (χ3v) is 9.07. The molecule has 0 bridgehead atoms. The lowest BCUT2D eigenvalue weighted by atomic mass is 9.99. The van der Waals surface area contributed by atoms with Crippen LogP contribution in [0.15, 0.2) is 146 Å². The number of thiocarbonyl (C=S) groups is 1. The Morgan fingerprint density at radius 3 is 1.79 bits per heavy atom. The van der Waals surface area contributed by atoms with Crippen molar-refractivity contribution in [1.82, 2.24) is 9.97 Å². The second-order valence-corrected chi connectivity index (χ2v) is 12.0. The van der Waals surface area contributed by atoms with E-state index in [0.29, 0.717) is 22.8 Å². The van der Waals surface area contributed by atoms with Gasteiger partial charge in [-0.05, 0) is 64.9 Å². The van der Waals surface area contributed by atoms with Crippen LogP contribution in [0.3, 0.4) is 0 Å². The Bertz CT molecular complexity index is 1740. The van der Waals surface area contributed by atoms with E-state index in [1.165, 1.54) is 15.9 Å². The van der Waals surface area contributed by atoms with E-state index in [9.17, 15) is 5.21 Å². The van der Waals surface area contributed by atoms with Crippen molar-refractivity contribution in [3.05, 3.63) is 163 Å². The van der Waals surface area contributed by atoms with Crippen LogP contribution < -0.4 is 4.73 Å². The van der Waals surface area contributed by atoms with Gasteiger partial charge in [-0.3, -0.25) is 5.21 Å². The SMILES string of the molecule is O[n+]1c(-c2ccccn2)cc(-c2ccc(CCC(SC(=S)c3ccccc3)c3ccccc3)cc2)cc1-c1ccccn1. The third kappa shape index (κ3) is 6.88. The Labute approximate surface area is 261 Å². The van der Waals surface area contributed by atoms with Gasteiger partial charge in [-0.2, -0.15) is 0 Å². The molecular formula is C37H30N3OS2+. The number of aryl methyl sites for hydroxylation is 1. The summed E-state index contributed by atoms with van der Waals surface area (Å²) in [5, 5.41) is 11.4. The Balaban J connectivity index is 1.26. The molecule has 3 aromatic carbocycles. The maximum Gasteiger partial charge on any atom is 0.284 e. The summed E-state index contributed by atoms with van der Waals surface area (Å²) in [6, 6.07) is 44.8. The first-order valence-corrected chi connectivity index (χ1v) is 15.5. The van der Waals surface area contributed by atoms with E-state index < -0.39 is 0 Å². The van der Waals surface area contributed by atoms with Gasteiger partial charge in [0.05, 0.1) is 4.20 Å². The highest BCUT2D eigenvalue weighted by Crippen LogP contribution is 2.36. The second-order valence-electron chi connectivity index (χ2n) is 10.2. The summed E-state index contributed by atoms with van der Waals surface area (Å²) in [5.41, 5.74) is 8.22. The van der Waals surface area contributed by atoms with Crippen molar-refractivity contribution in [2.75, 3.05) is 0 Å². The normalized spacial score (nSPS) is 11.6. The van der Waals surface area contributed by atoms with E-state index in [-0.39, 0.29) is 5.25 Å². The standard InChI is InChI=1S/C37H30N3OS2/c41-40-34(32-15-7-9-23-38-32)25-31(26-35(40)33-16-8-10-24-39-33)28-20-17-27(18-21-28)19-22-36(29-11-3-1-4-12-29)43-37(42)30-13-5-2-6-14-30/h1-18,20-21,23-26,36,41H,19,22H2/q+1. The largest absolute Gasteiger partial charge is 0.284 e. The van der Waals surface area contributed by atoms with Crippen LogP contribution in [0.2, 0.25) is 0 Å². The van der Waals surface area contributed by atoms with Gasteiger partial charge in [0.25, 0.3) is 11.4 Å². The van der Waals surface area contributed by atoms with Crippen molar-refractivity contribution in [1.29, 1.82) is 0 Å². The molecule has 210 valence electrons. The summed E-state index contributed by atoms with van der Waals surface area (Å²) < 4.78 is 2.09. The molecule has 6 heteroatoms. The van der Waals surface area contributed by atoms with Crippen LogP contribution >= 0.6 is 24.0 Å². The molecule has 1 N–H and O–H groups in total. The quantitative estimate of drug-likeness (QED) is 0.103. The van der Waals surface area contributed by atoms with Gasteiger partial charge in [-0.15, -0.1) is 11.8 Å². The molecule has 4 nitrogen and oxygen atoms in total. The molecule has 0 saturated heterocycles. The summed E-state index contributed by atoms with van der Waals surface area (Å²) >= 11 is 7.60. The zero-order valence-corrected chi connectivity index (χ0v) is 25.1. The van der Waals surface area contributed by atoms with Crippen LogP contribution in [0, 0.1) is 0 Å². The summed E-state index contributed by atoms with van der Waals surface area (Å²) in [5.74, 6) is 0. The van der Waals surface area contributed by atoms with Gasteiger partial charge in [-0.25, -0.2) is 9.97 Å². The number of thioether (sulfide) groups is 1. The minimum absolute atomic E-state index is 0.254. The van der Waals surface area contributed by atoms with Crippen LogP contribution in [0.25, 0.3) is 33.9 Å². The highest BCUT2D eigenvalue weighted by atomic mass is 32.2. The molecule has 0 saturated carbocycles. The molecule has 6 aromatic rings. The molecule has 0 amide bonds. The Morgan fingerprint density at radius 1 is 0.674 bits per heavy atom. The summed E-state index contributed by atoms with van der Waals surface area (Å²) in [6.45, 7) is 0. The van der Waals surface area contributed by atoms with Crippen molar-refractivity contribution < 1.29 is 9.94 Å². The van der Waals surface area contributed by atoms with E-state index in [1.54, 1.807) is 24.2 Å². The lowest BCUT2D eigenvalue weighted by Crippen LogP contribution is -2.36. The number of aromatic nitrogens is 3. The van der Waals surface area contributed by atoms with Crippen molar-refractivity contribution >= 4 is 28.2 Å². The van der Waals surface area contributed by atoms with Crippen molar-refractivity contribution in [3.8, 4) is 33.9 Å². The lowest BCUT2D eigenvalue weighted by molar-refractivity contribution is -0.887. The fourth-order valence-electron chi connectivity index (χ4n) is 5.04. The maximum absolute atomic E-state index is 11.2. The fourth-order valence-corrected chi connectivity index (χ4v) is 6.59. The van der Waals surface area contributed by atoms with Crippen LogP contribution in [0.1, 0.15) is 28.4 Å². The molecule has 0 aliphatic rings. The van der Waals surface area contributed by atoms with E-state index in [4.69, 9.17) is 12.2 Å². The van der Waals surface area contributed by atoms with E-state index in [1.807, 2.05) is 66.7 Å². The first kappa shape index (κ1) is 28.5. The topological polar surface area (TPSA) is 49.9 Å². The Kier molecular flexibility index (Phi) is 8.97. The number of hydrogen-bond donors (Lipinski definition) is 1. The molecule has 6 rings (SSSR count). The van der Waals surface area contributed by atoms with Crippen LogP contribution in [0.5, 0.6) is 0 Å². The number of benzene rings is 3. The van der Waals surface area contributed by atoms with E-state index in [2.05, 4.69) is 76.7 Å². The molecule has 43 heavy (non-hydrogen) atoms. The highest BCUT2D eigenvalue weighted by Gasteiger charge is 2.24. The molecule has 0 aliphatic carbocycles. The van der Waals surface area contributed by atoms with Gasteiger partial charge < -0.3 is 0 Å². The first-order valence-electron chi connectivity index (χ1n) is 14.2. The van der Waals surface area contributed by atoms with E-state index >= 15 is 0 Å². The lowest BCUT2D eigenvalue weighted by Gasteiger charge is -2.18. The van der Waals surface area contributed by atoms with Gasteiger partial charge in [-0.1, -0.05) is 109 Å². The molecule has 0 fully saturated rings. The van der Waals surface area contributed by atoms with Crippen LogP contribution in [-0.4, -0.2) is 19.4 Å². The maximum atomic E-state index is 11.2. The first-order chi connectivity index (χ1) is 21.2. The minimum atomic E-state index is 0.254. The Morgan fingerprint density at radius 2 is 1.23 bits per heavy atom. The Hall–Kier alpha value is -4.65. The fraction of sp³-hybridized carbons (Fsp3) is 0.0811. The monoisotopic (exact) mass is 596 g/mol. The summed E-state index contributed by atoms with van der Waals surface area (Å²) in [6.07, 6.45) is 5.34. The van der Waals surface area contributed by atoms with Crippen molar-refractivity contribution in [3.63, 3.8) is 0 Å². The van der Waals surface area contributed by atoms with Crippen molar-refractivity contribution in [2.24, 2.45) is 0 Å². The van der Waals surface area contributed by atoms with Gasteiger partial charge in [0.15, 0.2) is 0 Å².